The van der Waals surface area contributed by atoms with E-state index in [-0.39, 0.29) is 28.1 Å². The van der Waals surface area contributed by atoms with Gasteiger partial charge in [0, 0.05) is 23.5 Å². The number of phenols is 1. The average molecular weight is 430 g/mol. The second kappa shape index (κ2) is 9.51. The predicted molar refractivity (Wildman–Crippen MR) is 108 cm³/mol. The summed E-state index contributed by atoms with van der Waals surface area (Å²) in [6.45, 7) is 2.52. The van der Waals surface area contributed by atoms with E-state index in [0.29, 0.717) is 17.9 Å². The molecule has 2 aromatic heterocycles. The molecule has 0 spiro atoms. The monoisotopic (exact) mass is 430 g/mol. The minimum atomic E-state index is -4.59. The van der Waals surface area contributed by atoms with Gasteiger partial charge >= 0.3 is 6.18 Å². The molecule has 162 valence electrons. The van der Waals surface area contributed by atoms with Crippen molar-refractivity contribution >= 4 is 0 Å². The Hall–Kier alpha value is -3.54. The number of hydrogen-bond donors (Lipinski definition) is 2. The molecule has 3 rings (SSSR count). The van der Waals surface area contributed by atoms with E-state index in [2.05, 4.69) is 17.0 Å². The summed E-state index contributed by atoms with van der Waals surface area (Å²) in [5, 5.41) is 25.8. The fourth-order valence-electron chi connectivity index (χ4n) is 3.13. The van der Waals surface area contributed by atoms with Crippen molar-refractivity contribution in [2.24, 2.45) is 0 Å². The molecule has 0 fully saturated rings. The number of benzene rings is 1. The first kappa shape index (κ1) is 22.2. The number of aromatic amines is 1. The number of pyridine rings is 1. The number of hydrogen-bond acceptors (Lipinski definition) is 5. The predicted octanol–water partition coefficient (Wildman–Crippen LogP) is 5.69. The number of nitrogens with one attached hydrogen (secondary N) is 1. The Morgan fingerprint density at radius 3 is 2.65 bits per heavy atom. The van der Waals surface area contributed by atoms with Crippen molar-refractivity contribution in [3.63, 3.8) is 0 Å². The summed E-state index contributed by atoms with van der Waals surface area (Å²) >= 11 is 0. The molecule has 0 saturated heterocycles. The van der Waals surface area contributed by atoms with Crippen LogP contribution in [-0.2, 0) is 6.18 Å². The lowest BCUT2D eigenvalue weighted by atomic mass is 9.99. The Bertz CT molecular complexity index is 1090. The largest absolute Gasteiger partial charge is 0.506 e. The van der Waals surface area contributed by atoms with Gasteiger partial charge in [-0.2, -0.15) is 23.5 Å². The van der Waals surface area contributed by atoms with Crippen molar-refractivity contribution in [2.75, 3.05) is 6.61 Å². The Kier molecular flexibility index (Phi) is 6.80. The molecule has 1 aromatic carbocycles. The van der Waals surface area contributed by atoms with Crippen molar-refractivity contribution in [3.8, 4) is 40.0 Å². The van der Waals surface area contributed by atoms with Crippen LogP contribution in [0.1, 0.15) is 43.9 Å². The highest BCUT2D eigenvalue weighted by molar-refractivity contribution is 5.85. The quantitative estimate of drug-likeness (QED) is 0.448. The van der Waals surface area contributed by atoms with Crippen LogP contribution in [0.25, 0.3) is 22.4 Å². The van der Waals surface area contributed by atoms with Gasteiger partial charge in [-0.05, 0) is 30.7 Å². The Morgan fingerprint density at radius 1 is 1.16 bits per heavy atom. The number of halogens is 3. The van der Waals surface area contributed by atoms with Crippen molar-refractivity contribution in [1.29, 1.82) is 5.26 Å². The van der Waals surface area contributed by atoms with E-state index in [0.717, 1.165) is 31.7 Å². The van der Waals surface area contributed by atoms with Crippen LogP contribution in [0, 0.1) is 11.3 Å². The lowest BCUT2D eigenvalue weighted by Crippen LogP contribution is -2.04. The number of H-pyrrole nitrogens is 1. The molecule has 2 N–H and O–H groups in total. The second-order valence-corrected chi connectivity index (χ2v) is 6.98. The highest BCUT2D eigenvalue weighted by Gasteiger charge is 2.33. The van der Waals surface area contributed by atoms with E-state index in [1.807, 2.05) is 11.2 Å². The average Bonchev–Trinajstić information content (AvgIpc) is 3.24. The van der Waals surface area contributed by atoms with Gasteiger partial charge in [0.1, 0.15) is 23.3 Å². The van der Waals surface area contributed by atoms with E-state index in [1.165, 1.54) is 24.5 Å². The zero-order chi connectivity index (χ0) is 22.4. The van der Waals surface area contributed by atoms with E-state index in [1.54, 1.807) is 6.07 Å². The van der Waals surface area contributed by atoms with Gasteiger partial charge in [-0.3, -0.25) is 10.1 Å². The molecule has 0 atom stereocenters. The first-order chi connectivity index (χ1) is 14.8. The number of alkyl halides is 3. The second-order valence-electron chi connectivity index (χ2n) is 6.98. The molecule has 0 unspecified atom stereocenters. The maximum atomic E-state index is 12.9. The molecular weight excluding hydrogens is 409 g/mol. The van der Waals surface area contributed by atoms with Crippen molar-refractivity contribution in [1.82, 2.24) is 15.2 Å². The fraction of sp³-hybridized carbons (Fsp3) is 0.318. The van der Waals surface area contributed by atoms with Crippen LogP contribution in [0.15, 0.2) is 36.7 Å². The molecule has 0 bridgehead atoms. The third-order valence-corrected chi connectivity index (χ3v) is 4.71. The number of aromatic nitrogens is 3. The lowest BCUT2D eigenvalue weighted by molar-refractivity contribution is -0.141. The summed E-state index contributed by atoms with van der Waals surface area (Å²) in [5.74, 6) is 0.0457. The van der Waals surface area contributed by atoms with Crippen LogP contribution >= 0.6 is 0 Å². The zero-order valence-electron chi connectivity index (χ0n) is 16.8. The number of rotatable bonds is 8. The molecule has 0 aliphatic heterocycles. The lowest BCUT2D eigenvalue weighted by Gasteiger charge is -2.15. The maximum absolute atomic E-state index is 12.9. The fourth-order valence-corrected chi connectivity index (χ4v) is 3.13. The van der Waals surface area contributed by atoms with E-state index in [4.69, 9.17) is 4.74 Å². The third-order valence-electron chi connectivity index (χ3n) is 4.71. The van der Waals surface area contributed by atoms with Gasteiger partial charge in [0.15, 0.2) is 0 Å². The SMILES string of the molecule is CCCCCCOc1ccc(-c2cc(C(F)(F)F)[nH]n2)c(O)c1-c1cncc(C#N)c1. The molecule has 6 nitrogen and oxygen atoms in total. The van der Waals surface area contributed by atoms with Gasteiger partial charge in [-0.25, -0.2) is 0 Å². The highest BCUT2D eigenvalue weighted by Crippen LogP contribution is 2.44. The number of phenolic OH excluding ortho intramolecular Hbond substituents is 1. The Morgan fingerprint density at radius 2 is 1.97 bits per heavy atom. The van der Waals surface area contributed by atoms with Crippen LogP contribution in [0.2, 0.25) is 0 Å². The normalized spacial score (nSPS) is 11.3. The topological polar surface area (TPSA) is 94.8 Å². The summed E-state index contributed by atoms with van der Waals surface area (Å²) < 4.78 is 44.7. The summed E-state index contributed by atoms with van der Waals surface area (Å²) in [4.78, 5) is 4.01. The molecule has 0 aliphatic rings. The van der Waals surface area contributed by atoms with Crippen LogP contribution in [-0.4, -0.2) is 26.9 Å². The van der Waals surface area contributed by atoms with E-state index >= 15 is 0 Å². The summed E-state index contributed by atoms with van der Waals surface area (Å²) in [6.07, 6.45) is 2.21. The van der Waals surface area contributed by atoms with Gasteiger partial charge in [0.05, 0.1) is 23.4 Å². The molecule has 0 amide bonds. The molecule has 0 aliphatic carbocycles. The van der Waals surface area contributed by atoms with Gasteiger partial charge in [0.25, 0.3) is 0 Å². The van der Waals surface area contributed by atoms with Crippen LogP contribution in [0.4, 0.5) is 13.2 Å². The number of ether oxygens (including phenoxy) is 1. The molecule has 9 heteroatoms. The first-order valence-corrected chi connectivity index (χ1v) is 9.82. The summed E-state index contributed by atoms with van der Waals surface area (Å²) in [5.41, 5.74) is -0.0572. The van der Waals surface area contributed by atoms with Crippen LogP contribution in [0.5, 0.6) is 11.5 Å². The molecule has 3 aromatic rings. The summed E-state index contributed by atoms with van der Waals surface area (Å²) in [6, 6.07) is 7.37. The van der Waals surface area contributed by atoms with Crippen molar-refractivity contribution in [2.45, 2.75) is 38.8 Å². The summed E-state index contributed by atoms with van der Waals surface area (Å²) in [7, 11) is 0. The van der Waals surface area contributed by atoms with Crippen LogP contribution in [0.3, 0.4) is 0 Å². The molecule has 31 heavy (non-hydrogen) atoms. The van der Waals surface area contributed by atoms with E-state index < -0.39 is 11.9 Å². The molecule has 0 saturated carbocycles. The first-order valence-electron chi connectivity index (χ1n) is 9.82. The van der Waals surface area contributed by atoms with Crippen molar-refractivity contribution in [3.05, 3.63) is 47.9 Å². The highest BCUT2D eigenvalue weighted by atomic mass is 19.4. The van der Waals surface area contributed by atoms with Crippen molar-refractivity contribution < 1.29 is 23.0 Å². The zero-order valence-corrected chi connectivity index (χ0v) is 16.8. The minimum absolute atomic E-state index is 0.0648. The van der Waals surface area contributed by atoms with Crippen LogP contribution < -0.4 is 4.74 Å². The standard InChI is InChI=1S/C22H21F3N4O2/c1-2-3-4-5-8-31-18-7-6-16(17-10-19(29-28-17)22(23,24)25)21(30)20(18)15-9-14(11-26)12-27-13-15/h6-7,9-10,12-13,30H,2-5,8H2,1H3,(H,28,29). The van der Waals surface area contributed by atoms with Gasteiger partial charge in [0.2, 0.25) is 0 Å². The van der Waals surface area contributed by atoms with Gasteiger partial charge < -0.3 is 9.84 Å². The number of aromatic hydroxyl groups is 1. The third kappa shape index (κ3) is 5.15. The minimum Gasteiger partial charge on any atom is -0.506 e. The molecule has 0 radical (unpaired) electrons. The Labute approximate surface area is 177 Å². The Balaban J connectivity index is 2.03. The number of nitrogens with zero attached hydrogens (tertiary/aromatic N) is 3. The number of unbranched alkanes of at least 4 members (excludes halogenated alkanes) is 3. The maximum Gasteiger partial charge on any atom is 0.432 e. The van der Waals surface area contributed by atoms with Gasteiger partial charge in [-0.1, -0.05) is 26.2 Å². The van der Waals surface area contributed by atoms with Gasteiger partial charge in [-0.15, -0.1) is 0 Å². The smallest absolute Gasteiger partial charge is 0.432 e. The molecular formula is C22H21F3N4O2. The number of nitriles is 1. The van der Waals surface area contributed by atoms with E-state index in [9.17, 15) is 23.5 Å². The molecule has 2 heterocycles.